The minimum absolute atomic E-state index is 0.280. The van der Waals surface area contributed by atoms with Gasteiger partial charge in [-0.05, 0) is 33.2 Å². The first-order valence-electron chi connectivity index (χ1n) is 4.18. The molecular formula is C8H16N2S. The van der Waals surface area contributed by atoms with E-state index in [4.69, 9.17) is 18.0 Å². The molecule has 0 bridgehead atoms. The standard InChI is InChI=1S/C8H16N2S/c1-6-4-3-5-10(6)7(2)8(9)11/h6-7H,3-5H2,1-2H3,(H2,9,11). The van der Waals surface area contributed by atoms with Crippen molar-refractivity contribution >= 4 is 17.2 Å². The van der Waals surface area contributed by atoms with E-state index in [0.717, 1.165) is 6.54 Å². The molecule has 1 aliphatic heterocycles. The lowest BCUT2D eigenvalue weighted by atomic mass is 10.2. The van der Waals surface area contributed by atoms with E-state index in [1.165, 1.54) is 12.8 Å². The minimum atomic E-state index is 0.280. The van der Waals surface area contributed by atoms with Crippen LogP contribution in [0.1, 0.15) is 26.7 Å². The molecule has 0 saturated carbocycles. The van der Waals surface area contributed by atoms with Crippen LogP contribution in [0.15, 0.2) is 0 Å². The first-order chi connectivity index (χ1) is 5.13. The second-order valence-corrected chi connectivity index (χ2v) is 3.78. The molecule has 3 heteroatoms. The van der Waals surface area contributed by atoms with Crippen LogP contribution >= 0.6 is 12.2 Å². The highest BCUT2D eigenvalue weighted by Gasteiger charge is 2.25. The van der Waals surface area contributed by atoms with E-state index >= 15 is 0 Å². The first kappa shape index (κ1) is 8.94. The van der Waals surface area contributed by atoms with Crippen molar-refractivity contribution in [3.05, 3.63) is 0 Å². The predicted molar refractivity (Wildman–Crippen MR) is 51.6 cm³/mol. The van der Waals surface area contributed by atoms with E-state index in [1.54, 1.807) is 0 Å². The average molecular weight is 172 g/mol. The zero-order valence-corrected chi connectivity index (χ0v) is 8.03. The quantitative estimate of drug-likeness (QED) is 0.633. The van der Waals surface area contributed by atoms with Gasteiger partial charge in [-0.25, -0.2) is 0 Å². The maximum atomic E-state index is 5.57. The van der Waals surface area contributed by atoms with Crippen LogP contribution in [0.25, 0.3) is 0 Å². The molecule has 2 unspecified atom stereocenters. The summed E-state index contributed by atoms with van der Waals surface area (Å²) in [6.07, 6.45) is 2.57. The highest BCUT2D eigenvalue weighted by atomic mass is 32.1. The van der Waals surface area contributed by atoms with Crippen LogP contribution in [-0.4, -0.2) is 28.5 Å². The van der Waals surface area contributed by atoms with Crippen molar-refractivity contribution in [2.45, 2.75) is 38.8 Å². The third-order valence-electron chi connectivity index (χ3n) is 2.51. The summed E-state index contributed by atoms with van der Waals surface area (Å²) in [5, 5.41) is 0. The fourth-order valence-corrected chi connectivity index (χ4v) is 1.83. The van der Waals surface area contributed by atoms with Gasteiger partial charge < -0.3 is 5.73 Å². The molecule has 0 amide bonds. The second kappa shape index (κ2) is 3.50. The highest BCUT2D eigenvalue weighted by Crippen LogP contribution is 2.19. The van der Waals surface area contributed by atoms with E-state index in [0.29, 0.717) is 11.0 Å². The van der Waals surface area contributed by atoms with Gasteiger partial charge in [0, 0.05) is 6.04 Å². The molecule has 0 aromatic rings. The van der Waals surface area contributed by atoms with Crippen LogP contribution in [0, 0.1) is 0 Å². The third kappa shape index (κ3) is 1.91. The van der Waals surface area contributed by atoms with Crippen molar-refractivity contribution in [1.29, 1.82) is 0 Å². The molecule has 11 heavy (non-hydrogen) atoms. The summed E-state index contributed by atoms with van der Waals surface area (Å²) in [6.45, 7) is 5.48. The number of nitrogens with two attached hydrogens (primary N) is 1. The van der Waals surface area contributed by atoms with E-state index in [1.807, 2.05) is 0 Å². The van der Waals surface area contributed by atoms with E-state index in [2.05, 4.69) is 18.7 Å². The normalized spacial score (nSPS) is 28.7. The monoisotopic (exact) mass is 172 g/mol. The Kier molecular flexibility index (Phi) is 2.84. The number of nitrogens with zero attached hydrogens (tertiary/aromatic N) is 1. The van der Waals surface area contributed by atoms with Crippen molar-refractivity contribution in [1.82, 2.24) is 4.90 Å². The molecule has 64 valence electrons. The summed E-state index contributed by atoms with van der Waals surface area (Å²) in [6, 6.07) is 0.939. The molecule has 2 N–H and O–H groups in total. The Morgan fingerprint density at radius 3 is 2.73 bits per heavy atom. The summed E-state index contributed by atoms with van der Waals surface area (Å²) < 4.78 is 0. The molecule has 1 rings (SSSR count). The number of hydrogen-bond donors (Lipinski definition) is 1. The minimum Gasteiger partial charge on any atom is -0.392 e. The molecule has 2 nitrogen and oxygen atoms in total. The van der Waals surface area contributed by atoms with Crippen LogP contribution in [0.5, 0.6) is 0 Å². The van der Waals surface area contributed by atoms with Gasteiger partial charge in [-0.1, -0.05) is 12.2 Å². The Hall–Kier alpha value is -0.150. The second-order valence-electron chi connectivity index (χ2n) is 3.31. The topological polar surface area (TPSA) is 29.3 Å². The van der Waals surface area contributed by atoms with Crippen molar-refractivity contribution < 1.29 is 0 Å². The van der Waals surface area contributed by atoms with E-state index in [9.17, 15) is 0 Å². The van der Waals surface area contributed by atoms with Gasteiger partial charge in [0.1, 0.15) is 0 Å². The summed E-state index contributed by atoms with van der Waals surface area (Å²) in [7, 11) is 0. The lowest BCUT2D eigenvalue weighted by molar-refractivity contribution is 0.248. The molecule has 0 aromatic carbocycles. The maximum absolute atomic E-state index is 5.57. The fraction of sp³-hybridized carbons (Fsp3) is 0.875. The van der Waals surface area contributed by atoms with Gasteiger partial charge in [0.05, 0.1) is 11.0 Å². The Labute approximate surface area is 73.7 Å². The molecule has 0 spiro atoms. The smallest absolute Gasteiger partial charge is 0.0899 e. The van der Waals surface area contributed by atoms with Crippen molar-refractivity contribution in [3.8, 4) is 0 Å². The zero-order valence-electron chi connectivity index (χ0n) is 7.21. The largest absolute Gasteiger partial charge is 0.392 e. The summed E-state index contributed by atoms with van der Waals surface area (Å²) in [4.78, 5) is 3.00. The zero-order chi connectivity index (χ0) is 8.43. The van der Waals surface area contributed by atoms with Crippen molar-refractivity contribution in [2.24, 2.45) is 5.73 Å². The number of likely N-dealkylation sites (tertiary alicyclic amines) is 1. The fourth-order valence-electron chi connectivity index (χ4n) is 1.69. The van der Waals surface area contributed by atoms with Gasteiger partial charge >= 0.3 is 0 Å². The van der Waals surface area contributed by atoms with Crippen LogP contribution in [0.3, 0.4) is 0 Å². The van der Waals surface area contributed by atoms with Crippen molar-refractivity contribution in [2.75, 3.05) is 6.54 Å². The number of thiocarbonyl (C=S) groups is 1. The first-order valence-corrected chi connectivity index (χ1v) is 4.59. The lowest BCUT2D eigenvalue weighted by Gasteiger charge is -2.27. The SMILES string of the molecule is CC1CCCN1C(C)C(N)=S. The molecule has 1 aliphatic rings. The molecule has 1 fully saturated rings. The van der Waals surface area contributed by atoms with E-state index in [-0.39, 0.29) is 6.04 Å². The Balaban J connectivity index is 2.52. The molecule has 0 aliphatic carbocycles. The molecule has 0 radical (unpaired) electrons. The lowest BCUT2D eigenvalue weighted by Crippen LogP contribution is -2.43. The predicted octanol–water partition coefficient (Wildman–Crippen LogP) is 1.15. The number of rotatable bonds is 2. The Bertz CT molecular complexity index is 158. The van der Waals surface area contributed by atoms with Gasteiger partial charge in [0.15, 0.2) is 0 Å². The van der Waals surface area contributed by atoms with Crippen LogP contribution in [-0.2, 0) is 0 Å². The van der Waals surface area contributed by atoms with Crippen LogP contribution < -0.4 is 5.73 Å². The van der Waals surface area contributed by atoms with Crippen LogP contribution in [0.4, 0.5) is 0 Å². The molecule has 1 heterocycles. The molecule has 2 atom stereocenters. The molecule has 1 saturated heterocycles. The highest BCUT2D eigenvalue weighted by molar-refractivity contribution is 7.80. The van der Waals surface area contributed by atoms with E-state index < -0.39 is 0 Å². The van der Waals surface area contributed by atoms with Gasteiger partial charge in [-0.15, -0.1) is 0 Å². The van der Waals surface area contributed by atoms with Gasteiger partial charge in [-0.3, -0.25) is 4.90 Å². The Morgan fingerprint density at radius 2 is 2.36 bits per heavy atom. The van der Waals surface area contributed by atoms with Gasteiger partial charge in [0.2, 0.25) is 0 Å². The summed E-state index contributed by atoms with van der Waals surface area (Å²) >= 11 is 4.94. The maximum Gasteiger partial charge on any atom is 0.0899 e. The average Bonchev–Trinajstić information content (AvgIpc) is 2.33. The number of hydrogen-bond acceptors (Lipinski definition) is 2. The summed E-state index contributed by atoms with van der Waals surface area (Å²) in [5.74, 6) is 0. The van der Waals surface area contributed by atoms with Gasteiger partial charge in [-0.2, -0.15) is 0 Å². The Morgan fingerprint density at radius 1 is 1.73 bits per heavy atom. The van der Waals surface area contributed by atoms with Crippen LogP contribution in [0.2, 0.25) is 0 Å². The van der Waals surface area contributed by atoms with Crippen molar-refractivity contribution in [3.63, 3.8) is 0 Å². The molecule has 0 aromatic heterocycles. The van der Waals surface area contributed by atoms with Gasteiger partial charge in [0.25, 0.3) is 0 Å². The summed E-state index contributed by atoms with van der Waals surface area (Å²) in [5.41, 5.74) is 5.57. The third-order valence-corrected chi connectivity index (χ3v) is 2.85. The molecular weight excluding hydrogens is 156 g/mol.